The van der Waals surface area contributed by atoms with Gasteiger partial charge in [0.15, 0.2) is 0 Å². The Bertz CT molecular complexity index is 1970. The molecule has 0 radical (unpaired) electrons. The fourth-order valence-electron chi connectivity index (χ4n) is 7.99. The van der Waals surface area contributed by atoms with Gasteiger partial charge in [-0.3, -0.25) is 0 Å². The molecule has 0 saturated heterocycles. The van der Waals surface area contributed by atoms with Crippen LogP contribution in [0, 0.1) is 0 Å². The van der Waals surface area contributed by atoms with E-state index >= 15 is 0 Å². The van der Waals surface area contributed by atoms with Gasteiger partial charge in [0.05, 0.1) is 20.2 Å². The van der Waals surface area contributed by atoms with Crippen LogP contribution in [0.1, 0.15) is 140 Å². The third-order valence-corrected chi connectivity index (χ3v) is 14.8. The summed E-state index contributed by atoms with van der Waals surface area (Å²) in [4.78, 5) is 0. The average Bonchev–Trinajstić information content (AvgIpc) is 3.15. The van der Waals surface area contributed by atoms with Crippen LogP contribution in [0.4, 0.5) is 5.69 Å². The molecule has 4 aromatic carbocycles. The molecule has 2 saturated carbocycles. The molecule has 7 nitrogen and oxygen atoms in total. The van der Waals surface area contributed by atoms with Crippen molar-refractivity contribution >= 4 is 43.2 Å². The van der Waals surface area contributed by atoms with Crippen LogP contribution in [0.25, 0.3) is 22.3 Å². The van der Waals surface area contributed by atoms with Crippen molar-refractivity contribution in [2.45, 2.75) is 135 Å². The third kappa shape index (κ3) is 16.6. The van der Waals surface area contributed by atoms with E-state index in [4.69, 9.17) is 31.7 Å². The second-order valence-corrected chi connectivity index (χ2v) is 22.9. The average molecular weight is 942 g/mol. The number of anilines is 1. The number of hydrogen-bond donors (Lipinski definition) is 1. The van der Waals surface area contributed by atoms with Crippen molar-refractivity contribution in [1.29, 1.82) is 0 Å². The molecule has 2 aliphatic rings. The molecule has 2 aliphatic carbocycles. The predicted molar refractivity (Wildman–Crippen MR) is 242 cm³/mol. The summed E-state index contributed by atoms with van der Waals surface area (Å²) in [5.74, 6) is 1.64. The number of hydrogen-bond acceptors (Lipinski definition) is 7. The fourth-order valence-corrected chi connectivity index (χ4v) is 12.4. The fraction of sp³-hybridized carbons (Fsp3) is 0.489. The first-order valence-corrected chi connectivity index (χ1v) is 26.5. The molecule has 0 bridgehead atoms. The summed E-state index contributed by atoms with van der Waals surface area (Å²) in [6.45, 7) is 14.3. The molecule has 0 aliphatic heterocycles. The summed E-state index contributed by atoms with van der Waals surface area (Å²) in [5.41, 5.74) is 18.7. The van der Waals surface area contributed by atoms with E-state index in [1.54, 1.807) is 27.6 Å². The van der Waals surface area contributed by atoms with Crippen LogP contribution >= 0.6 is 7.92 Å². The quantitative estimate of drug-likeness (QED) is 0.0803. The van der Waals surface area contributed by atoms with E-state index < -0.39 is 20.2 Å². The number of nitrogen functional groups attached to an aromatic ring is 1. The first-order valence-electron chi connectivity index (χ1n) is 20.6. The normalized spacial score (nSPS) is 15.3. The third-order valence-electron chi connectivity index (χ3n) is 10.6. The van der Waals surface area contributed by atoms with Crippen LogP contribution in [-0.4, -0.2) is 49.8 Å². The first kappa shape index (κ1) is 50.0. The van der Waals surface area contributed by atoms with E-state index in [9.17, 15) is 0 Å². The zero-order valence-corrected chi connectivity index (χ0v) is 39.7. The standard InChI is InChI=1S/C33H49P.C12H10N.2CH4O3S.Pd/c1-23(2)26-21-30(24(3)4)33(31(22-26)25(5)6)29-19-13-14-20-32(29)34(27-15-9-7-10-16-27)28-17-11-8-12-18-28;13-12-9-5-4-8-11(12)10-6-2-1-3-7-10;2*1-5(2,3)4;/h13-14,19-25,27-28H,7-12,15-18H2,1-6H3;1-6,8-9H,13H2;2*1H3,(H,2,3,4);/q;;;;+2/p-2. The molecule has 58 heavy (non-hydrogen) atoms. The molecule has 6 rings (SSSR count). The second-order valence-electron chi connectivity index (χ2n) is 16.5. The van der Waals surface area contributed by atoms with E-state index in [1.807, 2.05) is 42.5 Å². The zero-order chi connectivity index (χ0) is 43.2. The van der Waals surface area contributed by atoms with Crippen molar-refractivity contribution in [3.05, 3.63) is 102 Å². The minimum atomic E-state index is -3.92. The molecule has 0 unspecified atom stereocenters. The Balaban J connectivity index is 0.000000305. The van der Waals surface area contributed by atoms with Crippen molar-refractivity contribution in [3.8, 4) is 22.3 Å². The summed E-state index contributed by atoms with van der Waals surface area (Å²) < 4.78 is 55.6. The van der Waals surface area contributed by atoms with Crippen molar-refractivity contribution in [2.75, 3.05) is 18.2 Å². The molecule has 321 valence electrons. The van der Waals surface area contributed by atoms with Crippen molar-refractivity contribution in [3.63, 3.8) is 0 Å². The van der Waals surface area contributed by atoms with Crippen LogP contribution in [0.3, 0.4) is 0 Å². The molecule has 4 aromatic rings. The summed E-state index contributed by atoms with van der Waals surface area (Å²) in [5, 5.41) is 1.75. The van der Waals surface area contributed by atoms with Gasteiger partial charge in [-0.25, -0.2) is 16.8 Å². The summed E-state index contributed by atoms with van der Waals surface area (Å²) >= 11 is 3.23. The van der Waals surface area contributed by atoms with Crippen molar-refractivity contribution in [2.24, 2.45) is 0 Å². The first-order chi connectivity index (χ1) is 27.2. The second kappa shape index (κ2) is 23.6. The van der Waals surface area contributed by atoms with Crippen LogP contribution in [-0.2, 0) is 39.4 Å². The Kier molecular flexibility index (Phi) is 20.3. The number of para-hydroxylation sites is 1. The predicted octanol–water partition coefficient (Wildman–Crippen LogP) is 10.9. The Hall–Kier alpha value is -2.41. The van der Waals surface area contributed by atoms with Gasteiger partial charge in [0.25, 0.3) is 0 Å². The van der Waals surface area contributed by atoms with E-state index in [0.29, 0.717) is 30.3 Å². The van der Waals surface area contributed by atoms with Gasteiger partial charge in [0.2, 0.25) is 0 Å². The minimum absolute atomic E-state index is 0.120. The van der Waals surface area contributed by atoms with Gasteiger partial charge >= 0.3 is 94.3 Å². The number of rotatable bonds is 8. The van der Waals surface area contributed by atoms with Crippen molar-refractivity contribution in [1.82, 2.24) is 0 Å². The Morgan fingerprint density at radius 1 is 0.586 bits per heavy atom. The van der Waals surface area contributed by atoms with Gasteiger partial charge in [-0.1, -0.05) is 124 Å². The molecule has 2 N–H and O–H groups in total. The monoisotopic (exact) mass is 940 g/mol. The van der Waals surface area contributed by atoms with Crippen LogP contribution in [0.2, 0.25) is 0 Å². The molecule has 0 amide bonds. The maximum atomic E-state index is 9.08. The number of nitrogens with two attached hydrogens (primary N) is 1. The Morgan fingerprint density at radius 3 is 1.36 bits per heavy atom. The molecule has 0 aromatic heterocycles. The zero-order valence-electron chi connectivity index (χ0n) is 35.6. The maximum absolute atomic E-state index is 9.08. The van der Waals surface area contributed by atoms with Gasteiger partial charge in [-0.15, -0.1) is 0 Å². The van der Waals surface area contributed by atoms with E-state index in [0.717, 1.165) is 32.2 Å². The van der Waals surface area contributed by atoms with E-state index in [-0.39, 0.29) is 7.92 Å². The Labute approximate surface area is 363 Å². The van der Waals surface area contributed by atoms with Crippen molar-refractivity contribution < 1.29 is 45.1 Å². The number of benzene rings is 4. The molecule has 0 heterocycles. The molecule has 11 heteroatoms. The SMILES string of the molecule is CC(C)c1cc(C(C)C)c(-c2ccccc2P(C2CCCCC2)C2CCCCC2)c(C(C)C)c1.CS(=O)(=O)[O-].CS(=O)(=O)[O-].Nc1ccccc1-c1cccc[c]1[Pd+2]. The molecule has 0 atom stereocenters. The van der Waals surface area contributed by atoms with Crippen LogP contribution < -0.4 is 15.1 Å². The summed E-state index contributed by atoms with van der Waals surface area (Å²) in [7, 11) is -7.95. The van der Waals surface area contributed by atoms with Crippen LogP contribution in [0.15, 0.2) is 84.9 Å². The molecule has 0 spiro atoms. The summed E-state index contributed by atoms with van der Waals surface area (Å²) in [6, 6.07) is 30.8. The van der Waals surface area contributed by atoms with Gasteiger partial charge in [0, 0.05) is 12.5 Å². The molecule has 2 fully saturated rings. The van der Waals surface area contributed by atoms with Gasteiger partial charge in [-0.05, 0) is 87.9 Å². The van der Waals surface area contributed by atoms with E-state index in [2.05, 4.69) is 103 Å². The summed E-state index contributed by atoms with van der Waals surface area (Å²) in [6.07, 6.45) is 15.8. The van der Waals surface area contributed by atoms with Gasteiger partial charge < -0.3 is 9.11 Å². The van der Waals surface area contributed by atoms with E-state index in [1.165, 1.54) is 69.8 Å². The van der Waals surface area contributed by atoms with Crippen LogP contribution in [0.5, 0.6) is 0 Å². The molecular formula is C47H65NO6PPdS2. The van der Waals surface area contributed by atoms with Gasteiger partial charge in [0.1, 0.15) is 0 Å². The topological polar surface area (TPSA) is 140 Å². The van der Waals surface area contributed by atoms with Gasteiger partial charge in [-0.2, -0.15) is 0 Å². The molecular weight excluding hydrogens is 876 g/mol. The Morgan fingerprint density at radius 2 is 0.966 bits per heavy atom.